The largest absolute Gasteiger partial charge is 0.300 e. The Hall–Kier alpha value is -1.40. The van der Waals surface area contributed by atoms with Crippen LogP contribution in [-0.4, -0.2) is 20.5 Å². The molecule has 1 amide bonds. The molecule has 1 aromatic carbocycles. The van der Waals surface area contributed by atoms with Crippen LogP contribution in [0.1, 0.15) is 11.4 Å². The van der Waals surface area contributed by atoms with Gasteiger partial charge in [0.05, 0.1) is 5.25 Å². The van der Waals surface area contributed by atoms with Crippen molar-refractivity contribution in [2.45, 2.75) is 18.6 Å². The maximum absolute atomic E-state index is 11.9. The Morgan fingerprint density at radius 2 is 2.17 bits per heavy atom. The van der Waals surface area contributed by atoms with E-state index in [2.05, 4.69) is 27.3 Å². The highest BCUT2D eigenvalue weighted by Gasteiger charge is 2.16. The molecule has 0 spiro atoms. The average Bonchev–Trinajstić information content (AvgIpc) is 2.76. The average molecular weight is 279 g/mol. The summed E-state index contributed by atoms with van der Waals surface area (Å²) in [5.74, 6) is 0.507. The molecule has 0 aliphatic carbocycles. The van der Waals surface area contributed by atoms with E-state index in [4.69, 9.17) is 0 Å². The monoisotopic (exact) mass is 279 g/mol. The van der Waals surface area contributed by atoms with Gasteiger partial charge in [-0.3, -0.25) is 10.1 Å². The van der Waals surface area contributed by atoms with Gasteiger partial charge < -0.3 is 0 Å². The smallest absolute Gasteiger partial charge is 0.239 e. The Labute approximate surface area is 115 Å². The summed E-state index contributed by atoms with van der Waals surface area (Å²) in [5, 5.41) is 2.84. The maximum Gasteiger partial charge on any atom is 0.239 e. The highest BCUT2D eigenvalue weighted by atomic mass is 32.1. The van der Waals surface area contributed by atoms with Crippen molar-refractivity contribution in [1.29, 1.82) is 0 Å². The summed E-state index contributed by atoms with van der Waals surface area (Å²) < 4.78 is 4.00. The summed E-state index contributed by atoms with van der Waals surface area (Å²) in [6.07, 6.45) is 0.591. The number of aromatic nitrogens is 2. The van der Waals surface area contributed by atoms with Crippen molar-refractivity contribution in [3.63, 3.8) is 0 Å². The maximum atomic E-state index is 11.9. The SMILES string of the molecule is Cc1nsc(NC(=O)C(S)Cc2ccccc2)n1. The fourth-order valence-corrected chi connectivity index (χ4v) is 2.32. The van der Waals surface area contributed by atoms with Gasteiger partial charge in [0.25, 0.3) is 0 Å². The van der Waals surface area contributed by atoms with E-state index in [1.807, 2.05) is 30.3 Å². The highest BCUT2D eigenvalue weighted by molar-refractivity contribution is 7.81. The summed E-state index contributed by atoms with van der Waals surface area (Å²) in [4.78, 5) is 16.0. The van der Waals surface area contributed by atoms with E-state index in [9.17, 15) is 4.79 Å². The van der Waals surface area contributed by atoms with Crippen molar-refractivity contribution in [3.05, 3.63) is 41.7 Å². The predicted molar refractivity (Wildman–Crippen MR) is 76.2 cm³/mol. The molecule has 0 bridgehead atoms. The van der Waals surface area contributed by atoms with E-state index >= 15 is 0 Å². The van der Waals surface area contributed by atoms with Crippen LogP contribution in [0.2, 0.25) is 0 Å². The molecular formula is C12H13N3OS2. The fourth-order valence-electron chi connectivity index (χ4n) is 1.47. The van der Waals surface area contributed by atoms with Gasteiger partial charge in [0.15, 0.2) is 0 Å². The van der Waals surface area contributed by atoms with Gasteiger partial charge in [-0.1, -0.05) is 30.3 Å². The van der Waals surface area contributed by atoms with Gasteiger partial charge in [0, 0.05) is 11.5 Å². The lowest BCUT2D eigenvalue weighted by Gasteiger charge is -2.09. The summed E-state index contributed by atoms with van der Waals surface area (Å²) in [5.41, 5.74) is 1.08. The minimum atomic E-state index is -0.392. The van der Waals surface area contributed by atoms with Crippen molar-refractivity contribution in [1.82, 2.24) is 9.36 Å². The first-order chi connectivity index (χ1) is 8.65. The van der Waals surface area contributed by atoms with Crippen LogP contribution in [0.25, 0.3) is 0 Å². The highest BCUT2D eigenvalue weighted by Crippen LogP contribution is 2.13. The second kappa shape index (κ2) is 5.97. The number of carbonyl (C=O) groups is 1. The van der Waals surface area contributed by atoms with Crippen molar-refractivity contribution >= 4 is 35.2 Å². The van der Waals surface area contributed by atoms with Gasteiger partial charge >= 0.3 is 0 Å². The Balaban J connectivity index is 1.93. The van der Waals surface area contributed by atoms with Crippen LogP contribution in [0.3, 0.4) is 0 Å². The van der Waals surface area contributed by atoms with Gasteiger partial charge in [0.1, 0.15) is 5.82 Å². The molecule has 0 aliphatic heterocycles. The molecule has 1 heterocycles. The lowest BCUT2D eigenvalue weighted by Crippen LogP contribution is -2.25. The third-order valence-electron chi connectivity index (χ3n) is 2.33. The fraction of sp³-hybridized carbons (Fsp3) is 0.250. The van der Waals surface area contributed by atoms with Crippen LogP contribution in [0.5, 0.6) is 0 Å². The lowest BCUT2D eigenvalue weighted by molar-refractivity contribution is -0.115. The van der Waals surface area contributed by atoms with Gasteiger partial charge in [0.2, 0.25) is 11.0 Å². The van der Waals surface area contributed by atoms with Gasteiger partial charge in [-0.25, -0.2) is 4.98 Å². The first-order valence-electron chi connectivity index (χ1n) is 5.48. The summed E-state index contributed by atoms with van der Waals surface area (Å²) in [6.45, 7) is 1.79. The van der Waals surface area contributed by atoms with Crippen molar-refractivity contribution in [3.8, 4) is 0 Å². The Morgan fingerprint density at radius 1 is 1.44 bits per heavy atom. The number of amides is 1. The summed E-state index contributed by atoms with van der Waals surface area (Å²) in [6, 6.07) is 9.79. The second-order valence-electron chi connectivity index (χ2n) is 3.84. The minimum Gasteiger partial charge on any atom is -0.300 e. The number of nitrogens with zero attached hydrogens (tertiary/aromatic N) is 2. The minimum absolute atomic E-state index is 0.154. The van der Waals surface area contributed by atoms with Crippen molar-refractivity contribution in [2.24, 2.45) is 0 Å². The summed E-state index contributed by atoms with van der Waals surface area (Å²) in [7, 11) is 0. The number of hydrogen-bond donors (Lipinski definition) is 2. The number of aryl methyl sites for hydroxylation is 1. The zero-order chi connectivity index (χ0) is 13.0. The van der Waals surface area contributed by atoms with Crippen molar-refractivity contribution in [2.75, 3.05) is 5.32 Å². The Morgan fingerprint density at radius 3 is 2.78 bits per heavy atom. The van der Waals surface area contributed by atoms with E-state index in [0.717, 1.165) is 5.56 Å². The molecular weight excluding hydrogens is 266 g/mol. The molecule has 0 saturated carbocycles. The van der Waals surface area contributed by atoms with E-state index in [0.29, 0.717) is 17.4 Å². The van der Waals surface area contributed by atoms with E-state index in [-0.39, 0.29) is 5.91 Å². The topological polar surface area (TPSA) is 54.9 Å². The van der Waals surface area contributed by atoms with Crippen LogP contribution >= 0.6 is 24.2 Å². The van der Waals surface area contributed by atoms with Crippen molar-refractivity contribution < 1.29 is 4.79 Å². The molecule has 6 heteroatoms. The molecule has 0 saturated heterocycles. The number of anilines is 1. The van der Waals surface area contributed by atoms with Crippen LogP contribution in [0.15, 0.2) is 30.3 Å². The zero-order valence-electron chi connectivity index (χ0n) is 9.83. The van der Waals surface area contributed by atoms with Gasteiger partial charge in [-0.15, -0.1) is 0 Å². The predicted octanol–water partition coefficient (Wildman–Crippen LogP) is 2.33. The van der Waals surface area contributed by atoms with E-state index in [1.54, 1.807) is 6.92 Å². The number of carbonyl (C=O) groups excluding carboxylic acids is 1. The molecule has 0 aliphatic rings. The molecule has 0 radical (unpaired) electrons. The number of thiol groups is 1. The molecule has 1 aromatic heterocycles. The van der Waals surface area contributed by atoms with E-state index in [1.165, 1.54) is 11.5 Å². The first kappa shape index (κ1) is 13.0. The Kier molecular flexibility index (Phi) is 4.33. The zero-order valence-corrected chi connectivity index (χ0v) is 11.5. The number of rotatable bonds is 4. The molecule has 0 fully saturated rings. The van der Waals surface area contributed by atoms with E-state index < -0.39 is 5.25 Å². The lowest BCUT2D eigenvalue weighted by atomic mass is 10.1. The van der Waals surface area contributed by atoms with Gasteiger partial charge in [-0.2, -0.15) is 17.0 Å². The molecule has 2 aromatic rings. The number of benzene rings is 1. The molecule has 1 N–H and O–H groups in total. The van der Waals surface area contributed by atoms with Gasteiger partial charge in [-0.05, 0) is 18.9 Å². The second-order valence-corrected chi connectivity index (χ2v) is 5.22. The molecule has 94 valence electrons. The third kappa shape index (κ3) is 3.54. The van der Waals surface area contributed by atoms with Crippen LogP contribution in [0.4, 0.5) is 5.13 Å². The summed E-state index contributed by atoms with van der Waals surface area (Å²) >= 11 is 5.49. The first-order valence-corrected chi connectivity index (χ1v) is 6.77. The third-order valence-corrected chi connectivity index (χ3v) is 3.47. The standard InChI is InChI=1S/C12H13N3OS2/c1-8-13-12(18-15-8)14-11(16)10(17)7-9-5-3-2-4-6-9/h2-6,10,17H,7H2,1H3,(H,13,14,15,16). The van der Waals surface area contributed by atoms with Crippen LogP contribution < -0.4 is 5.32 Å². The molecule has 4 nitrogen and oxygen atoms in total. The van der Waals surface area contributed by atoms with Crippen LogP contribution in [-0.2, 0) is 11.2 Å². The number of nitrogens with one attached hydrogen (secondary N) is 1. The Bertz CT molecular complexity index is 527. The van der Waals surface area contributed by atoms with Crippen LogP contribution in [0, 0.1) is 6.92 Å². The molecule has 1 unspecified atom stereocenters. The molecule has 2 rings (SSSR count). The molecule has 1 atom stereocenters. The quantitative estimate of drug-likeness (QED) is 0.845. The normalized spacial score (nSPS) is 12.1. The number of hydrogen-bond acceptors (Lipinski definition) is 5. The molecule has 18 heavy (non-hydrogen) atoms.